The predicted molar refractivity (Wildman–Crippen MR) is 81.3 cm³/mol. The van der Waals surface area contributed by atoms with Crippen molar-refractivity contribution in [1.82, 2.24) is 0 Å². The monoisotopic (exact) mass is 292 g/mol. The van der Waals surface area contributed by atoms with Crippen molar-refractivity contribution in [2.24, 2.45) is 5.41 Å². The summed E-state index contributed by atoms with van der Waals surface area (Å²) in [5.74, 6) is -0.763. The Morgan fingerprint density at radius 2 is 1.48 bits per heavy atom. The van der Waals surface area contributed by atoms with Gasteiger partial charge in [0.1, 0.15) is 0 Å². The number of esters is 2. The number of carbonyl (C=O) groups excluding carboxylic acids is 2. The minimum absolute atomic E-state index is 0.130. The van der Waals surface area contributed by atoms with Gasteiger partial charge in [-0.3, -0.25) is 0 Å². The van der Waals surface area contributed by atoms with Gasteiger partial charge in [-0.2, -0.15) is 0 Å². The van der Waals surface area contributed by atoms with E-state index < -0.39 is 5.97 Å². The van der Waals surface area contributed by atoms with Gasteiger partial charge in [0.15, 0.2) is 0 Å². The summed E-state index contributed by atoms with van der Waals surface area (Å²) in [4.78, 5) is 23.5. The third-order valence-corrected chi connectivity index (χ3v) is 2.78. The highest BCUT2D eigenvalue weighted by Crippen LogP contribution is 2.18. The molecule has 0 bridgehead atoms. The second-order valence-corrected chi connectivity index (χ2v) is 6.48. The van der Waals surface area contributed by atoms with E-state index in [2.05, 4.69) is 20.8 Å². The molecule has 0 saturated carbocycles. The van der Waals surface area contributed by atoms with E-state index in [0.29, 0.717) is 17.7 Å². The van der Waals surface area contributed by atoms with Crippen LogP contribution in [0.25, 0.3) is 0 Å². The first-order valence-corrected chi connectivity index (χ1v) is 7.17. The molecule has 1 aromatic carbocycles. The fourth-order valence-corrected chi connectivity index (χ4v) is 1.56. The first kappa shape index (κ1) is 17.2. The van der Waals surface area contributed by atoms with Gasteiger partial charge in [-0.05, 0) is 49.9 Å². The van der Waals surface area contributed by atoms with Crippen molar-refractivity contribution in [3.05, 3.63) is 35.4 Å². The molecule has 1 aromatic rings. The van der Waals surface area contributed by atoms with Crippen molar-refractivity contribution < 1.29 is 19.1 Å². The van der Waals surface area contributed by atoms with Gasteiger partial charge in [-0.15, -0.1) is 0 Å². The van der Waals surface area contributed by atoms with Gasteiger partial charge in [0, 0.05) is 0 Å². The zero-order chi connectivity index (χ0) is 16.0. The standard InChI is InChI=1S/C17H24O4/c1-12(2)21-16(19)14-8-6-13(7-9-14)15(18)20-11-10-17(3,4)5/h6-9,12H,10-11H2,1-5H3. The Morgan fingerprint density at radius 1 is 1.00 bits per heavy atom. The quantitative estimate of drug-likeness (QED) is 0.774. The van der Waals surface area contributed by atoms with Gasteiger partial charge in [-0.1, -0.05) is 20.8 Å². The molecule has 116 valence electrons. The summed E-state index contributed by atoms with van der Waals surface area (Å²) in [6.07, 6.45) is 0.636. The molecule has 0 fully saturated rings. The van der Waals surface area contributed by atoms with Crippen molar-refractivity contribution >= 4 is 11.9 Å². The van der Waals surface area contributed by atoms with Crippen molar-refractivity contribution in [1.29, 1.82) is 0 Å². The minimum atomic E-state index is -0.391. The van der Waals surface area contributed by atoms with Gasteiger partial charge in [0.2, 0.25) is 0 Å². The molecule has 0 N–H and O–H groups in total. The number of ether oxygens (including phenoxy) is 2. The smallest absolute Gasteiger partial charge is 0.338 e. The summed E-state index contributed by atoms with van der Waals surface area (Å²) in [6, 6.07) is 6.31. The van der Waals surface area contributed by atoms with Gasteiger partial charge in [0.05, 0.1) is 23.8 Å². The van der Waals surface area contributed by atoms with Crippen molar-refractivity contribution in [3.8, 4) is 0 Å². The van der Waals surface area contributed by atoms with Crippen LogP contribution in [0.5, 0.6) is 0 Å². The lowest BCUT2D eigenvalue weighted by Gasteiger charge is -2.17. The molecule has 1 rings (SSSR count). The Bertz CT molecular complexity index is 481. The third kappa shape index (κ3) is 6.43. The molecule has 0 saturated heterocycles. The first-order valence-electron chi connectivity index (χ1n) is 7.17. The Morgan fingerprint density at radius 3 is 1.90 bits per heavy atom. The zero-order valence-electron chi connectivity index (χ0n) is 13.4. The summed E-state index contributed by atoms with van der Waals surface area (Å²) in [5, 5.41) is 0. The summed E-state index contributed by atoms with van der Waals surface area (Å²) in [5.41, 5.74) is 0.991. The number of carbonyl (C=O) groups is 2. The van der Waals surface area contributed by atoms with Crippen molar-refractivity contribution in [2.45, 2.75) is 47.1 Å². The predicted octanol–water partition coefficient (Wildman–Crippen LogP) is 3.84. The molecule has 4 nitrogen and oxygen atoms in total. The Balaban J connectivity index is 2.57. The topological polar surface area (TPSA) is 52.6 Å². The molecule has 0 spiro atoms. The highest BCUT2D eigenvalue weighted by atomic mass is 16.5. The molecule has 4 heteroatoms. The van der Waals surface area contributed by atoms with Crippen LogP contribution in [0.2, 0.25) is 0 Å². The maximum atomic E-state index is 11.9. The second-order valence-electron chi connectivity index (χ2n) is 6.48. The highest BCUT2D eigenvalue weighted by molar-refractivity contribution is 5.93. The van der Waals surface area contributed by atoms with Gasteiger partial charge in [-0.25, -0.2) is 9.59 Å². The lowest BCUT2D eigenvalue weighted by molar-refractivity contribution is 0.0375. The summed E-state index contributed by atoms with van der Waals surface area (Å²) in [6.45, 7) is 10.2. The largest absolute Gasteiger partial charge is 0.462 e. The average molecular weight is 292 g/mol. The molecule has 0 unspecified atom stereocenters. The van der Waals surface area contributed by atoms with Crippen LogP contribution in [0.3, 0.4) is 0 Å². The number of hydrogen-bond acceptors (Lipinski definition) is 4. The molecule has 0 aliphatic carbocycles. The fraction of sp³-hybridized carbons (Fsp3) is 0.529. The van der Waals surface area contributed by atoms with Crippen LogP contribution in [0.15, 0.2) is 24.3 Å². The van der Waals surface area contributed by atoms with E-state index in [0.717, 1.165) is 6.42 Å². The van der Waals surface area contributed by atoms with E-state index in [1.165, 1.54) is 0 Å². The van der Waals surface area contributed by atoms with E-state index in [9.17, 15) is 9.59 Å². The van der Waals surface area contributed by atoms with Crippen LogP contribution in [-0.4, -0.2) is 24.6 Å². The molecule has 21 heavy (non-hydrogen) atoms. The molecule has 0 radical (unpaired) electrons. The number of rotatable bonds is 5. The van der Waals surface area contributed by atoms with Gasteiger partial charge >= 0.3 is 11.9 Å². The summed E-state index contributed by atoms with van der Waals surface area (Å²) >= 11 is 0. The highest BCUT2D eigenvalue weighted by Gasteiger charge is 2.14. The normalized spacial score (nSPS) is 11.3. The van der Waals surface area contributed by atoms with Crippen LogP contribution >= 0.6 is 0 Å². The van der Waals surface area contributed by atoms with E-state index in [4.69, 9.17) is 9.47 Å². The molecule has 0 atom stereocenters. The van der Waals surface area contributed by atoms with E-state index in [1.807, 2.05) is 0 Å². The molecule has 0 aromatic heterocycles. The van der Waals surface area contributed by atoms with Crippen LogP contribution in [-0.2, 0) is 9.47 Å². The molecule has 0 heterocycles. The van der Waals surface area contributed by atoms with E-state index >= 15 is 0 Å². The van der Waals surface area contributed by atoms with E-state index in [1.54, 1.807) is 38.1 Å². The molecular weight excluding hydrogens is 268 g/mol. The molecule has 0 amide bonds. The van der Waals surface area contributed by atoms with Crippen LogP contribution in [0, 0.1) is 5.41 Å². The lowest BCUT2D eigenvalue weighted by Crippen LogP contribution is -2.14. The minimum Gasteiger partial charge on any atom is -0.462 e. The zero-order valence-corrected chi connectivity index (χ0v) is 13.4. The summed E-state index contributed by atoms with van der Waals surface area (Å²) < 4.78 is 10.3. The third-order valence-electron chi connectivity index (χ3n) is 2.78. The Hall–Kier alpha value is -1.84. The van der Waals surface area contributed by atoms with E-state index in [-0.39, 0.29) is 17.5 Å². The van der Waals surface area contributed by atoms with Crippen LogP contribution < -0.4 is 0 Å². The van der Waals surface area contributed by atoms with Crippen molar-refractivity contribution in [3.63, 3.8) is 0 Å². The van der Waals surface area contributed by atoms with Gasteiger partial charge < -0.3 is 9.47 Å². The summed E-state index contributed by atoms with van der Waals surface area (Å²) in [7, 11) is 0. The molecule has 0 aliphatic rings. The van der Waals surface area contributed by atoms with Crippen LogP contribution in [0.1, 0.15) is 61.8 Å². The fourth-order valence-electron chi connectivity index (χ4n) is 1.56. The number of benzene rings is 1. The molecular formula is C17H24O4. The van der Waals surface area contributed by atoms with Gasteiger partial charge in [0.25, 0.3) is 0 Å². The van der Waals surface area contributed by atoms with Crippen LogP contribution in [0.4, 0.5) is 0 Å². The van der Waals surface area contributed by atoms with Crippen molar-refractivity contribution in [2.75, 3.05) is 6.61 Å². The first-order chi connectivity index (χ1) is 9.69. The second kappa shape index (κ2) is 7.25. The Labute approximate surface area is 126 Å². The maximum Gasteiger partial charge on any atom is 0.338 e. The number of hydrogen-bond donors (Lipinski definition) is 0. The molecule has 0 aliphatic heterocycles. The lowest BCUT2D eigenvalue weighted by atomic mass is 9.93. The maximum absolute atomic E-state index is 11.9. The SMILES string of the molecule is CC(C)OC(=O)c1ccc(C(=O)OCCC(C)(C)C)cc1. The average Bonchev–Trinajstić information content (AvgIpc) is 2.36. The Kier molecular flexibility index (Phi) is 5.94.